The van der Waals surface area contributed by atoms with Crippen molar-refractivity contribution in [2.24, 2.45) is 0 Å². The van der Waals surface area contributed by atoms with Crippen LogP contribution in [0.4, 0.5) is 19.1 Å². The molecule has 7 heteroatoms. The Morgan fingerprint density at radius 1 is 1.28 bits per heavy atom. The number of anilines is 1. The van der Waals surface area contributed by atoms with Gasteiger partial charge >= 0.3 is 6.18 Å². The standard InChI is InChI=1S/C11H9F3N2O2/c1-17-9-4-6(11(12,13)14)2-3-7(9)8-5-16-18-10(8)15/h2-5H,15H2,1H3. The molecule has 2 N–H and O–H groups in total. The van der Waals surface area contributed by atoms with Crippen LogP contribution in [0.1, 0.15) is 5.56 Å². The van der Waals surface area contributed by atoms with Gasteiger partial charge in [-0.3, -0.25) is 0 Å². The summed E-state index contributed by atoms with van der Waals surface area (Å²) in [6.45, 7) is 0. The summed E-state index contributed by atoms with van der Waals surface area (Å²) in [5, 5.41) is 3.47. The van der Waals surface area contributed by atoms with Crippen LogP contribution in [0, 0.1) is 0 Å². The molecule has 0 radical (unpaired) electrons. The van der Waals surface area contributed by atoms with E-state index in [0.29, 0.717) is 11.1 Å². The average molecular weight is 258 g/mol. The molecular weight excluding hydrogens is 249 g/mol. The Balaban J connectivity index is 2.54. The highest BCUT2D eigenvalue weighted by atomic mass is 19.4. The molecule has 1 aromatic heterocycles. The summed E-state index contributed by atoms with van der Waals surface area (Å²) < 4.78 is 47.2. The lowest BCUT2D eigenvalue weighted by Crippen LogP contribution is -2.05. The molecule has 18 heavy (non-hydrogen) atoms. The van der Waals surface area contributed by atoms with Crippen molar-refractivity contribution >= 4 is 5.88 Å². The highest BCUT2D eigenvalue weighted by Gasteiger charge is 2.31. The number of methoxy groups -OCH3 is 1. The summed E-state index contributed by atoms with van der Waals surface area (Å²) in [4.78, 5) is 0. The third-order valence-corrected chi connectivity index (χ3v) is 2.42. The van der Waals surface area contributed by atoms with Crippen LogP contribution in [0.5, 0.6) is 5.75 Å². The Morgan fingerprint density at radius 2 is 2.00 bits per heavy atom. The van der Waals surface area contributed by atoms with Gasteiger partial charge in [-0.1, -0.05) is 5.16 Å². The van der Waals surface area contributed by atoms with Gasteiger partial charge in [0.1, 0.15) is 5.75 Å². The molecule has 0 atom stereocenters. The van der Waals surface area contributed by atoms with Crippen LogP contribution in [-0.2, 0) is 6.18 Å². The molecule has 1 aromatic carbocycles. The summed E-state index contributed by atoms with van der Waals surface area (Å²) in [6.07, 6.45) is -3.10. The Bertz CT molecular complexity index is 564. The number of alkyl halides is 3. The molecule has 0 bridgehead atoms. The fourth-order valence-electron chi connectivity index (χ4n) is 1.54. The minimum Gasteiger partial charge on any atom is -0.496 e. The Labute approximate surface area is 100 Å². The molecule has 0 saturated carbocycles. The quantitative estimate of drug-likeness (QED) is 0.899. The zero-order chi connectivity index (χ0) is 13.3. The monoisotopic (exact) mass is 258 g/mol. The largest absolute Gasteiger partial charge is 0.496 e. The third-order valence-electron chi connectivity index (χ3n) is 2.42. The lowest BCUT2D eigenvalue weighted by molar-refractivity contribution is -0.137. The van der Waals surface area contributed by atoms with Crippen molar-refractivity contribution in [2.45, 2.75) is 6.18 Å². The minimum absolute atomic E-state index is 0.0214. The van der Waals surface area contributed by atoms with E-state index in [9.17, 15) is 13.2 Å². The fraction of sp³-hybridized carbons (Fsp3) is 0.182. The number of hydrogen-bond donors (Lipinski definition) is 1. The van der Waals surface area contributed by atoms with Crippen molar-refractivity contribution in [1.82, 2.24) is 5.16 Å². The zero-order valence-electron chi connectivity index (χ0n) is 9.28. The number of nitrogen functional groups attached to an aromatic ring is 1. The van der Waals surface area contributed by atoms with Gasteiger partial charge in [0, 0.05) is 5.56 Å². The van der Waals surface area contributed by atoms with Crippen LogP contribution in [0.25, 0.3) is 11.1 Å². The SMILES string of the molecule is COc1cc(C(F)(F)F)ccc1-c1cnoc1N. The number of ether oxygens (including phenoxy) is 1. The molecule has 4 nitrogen and oxygen atoms in total. The summed E-state index contributed by atoms with van der Waals surface area (Å²) >= 11 is 0. The van der Waals surface area contributed by atoms with Crippen LogP contribution in [0.2, 0.25) is 0 Å². The number of benzene rings is 1. The van der Waals surface area contributed by atoms with Gasteiger partial charge in [-0.15, -0.1) is 0 Å². The average Bonchev–Trinajstić information content (AvgIpc) is 2.73. The molecule has 0 amide bonds. The first-order valence-electron chi connectivity index (χ1n) is 4.89. The van der Waals surface area contributed by atoms with E-state index in [-0.39, 0.29) is 11.6 Å². The number of nitrogens with two attached hydrogens (primary N) is 1. The van der Waals surface area contributed by atoms with E-state index in [1.807, 2.05) is 0 Å². The van der Waals surface area contributed by atoms with E-state index < -0.39 is 11.7 Å². The second-order valence-electron chi connectivity index (χ2n) is 3.52. The highest BCUT2D eigenvalue weighted by molar-refractivity contribution is 5.77. The molecule has 0 aliphatic heterocycles. The molecule has 0 fully saturated rings. The minimum atomic E-state index is -4.42. The fourth-order valence-corrected chi connectivity index (χ4v) is 1.54. The molecule has 1 heterocycles. The molecule has 0 spiro atoms. The number of hydrogen-bond acceptors (Lipinski definition) is 4. The van der Waals surface area contributed by atoms with Crippen molar-refractivity contribution < 1.29 is 22.4 Å². The number of rotatable bonds is 2. The van der Waals surface area contributed by atoms with Crippen LogP contribution in [0.3, 0.4) is 0 Å². The summed E-state index contributed by atoms with van der Waals surface area (Å²) in [5.74, 6) is 0.0767. The lowest BCUT2D eigenvalue weighted by atomic mass is 10.0. The predicted octanol–water partition coefficient (Wildman–Crippen LogP) is 2.95. The van der Waals surface area contributed by atoms with Gasteiger partial charge in [0.05, 0.1) is 24.4 Å². The number of nitrogens with zero attached hydrogens (tertiary/aromatic N) is 1. The van der Waals surface area contributed by atoms with Gasteiger partial charge in [0.2, 0.25) is 5.88 Å². The lowest BCUT2D eigenvalue weighted by Gasteiger charge is -2.11. The smallest absolute Gasteiger partial charge is 0.416 e. The molecule has 0 aliphatic carbocycles. The molecular formula is C11H9F3N2O2. The van der Waals surface area contributed by atoms with Crippen molar-refractivity contribution in [3.05, 3.63) is 30.0 Å². The van der Waals surface area contributed by atoms with Crippen molar-refractivity contribution in [3.63, 3.8) is 0 Å². The van der Waals surface area contributed by atoms with Crippen LogP contribution in [0.15, 0.2) is 28.9 Å². The first-order chi connectivity index (χ1) is 8.43. The van der Waals surface area contributed by atoms with E-state index >= 15 is 0 Å². The van der Waals surface area contributed by atoms with Gasteiger partial charge in [-0.2, -0.15) is 13.2 Å². The first-order valence-corrected chi connectivity index (χ1v) is 4.89. The molecule has 0 unspecified atom stereocenters. The van der Waals surface area contributed by atoms with Crippen molar-refractivity contribution in [3.8, 4) is 16.9 Å². The Kier molecular flexibility index (Phi) is 2.90. The topological polar surface area (TPSA) is 61.3 Å². The number of aromatic nitrogens is 1. The maximum atomic E-state index is 12.5. The van der Waals surface area contributed by atoms with Gasteiger partial charge < -0.3 is 15.0 Å². The van der Waals surface area contributed by atoms with Crippen LogP contribution in [-0.4, -0.2) is 12.3 Å². The van der Waals surface area contributed by atoms with E-state index in [2.05, 4.69) is 9.68 Å². The van der Waals surface area contributed by atoms with E-state index in [1.54, 1.807) is 0 Å². The molecule has 2 aromatic rings. The number of halogens is 3. The Morgan fingerprint density at radius 3 is 2.50 bits per heavy atom. The van der Waals surface area contributed by atoms with Crippen molar-refractivity contribution in [1.29, 1.82) is 0 Å². The van der Waals surface area contributed by atoms with Gasteiger partial charge in [-0.05, 0) is 18.2 Å². The molecule has 2 rings (SSSR count). The van der Waals surface area contributed by atoms with Crippen LogP contribution >= 0.6 is 0 Å². The normalized spacial score (nSPS) is 11.6. The molecule has 0 aliphatic rings. The molecule has 96 valence electrons. The van der Waals surface area contributed by atoms with Gasteiger partial charge in [0.25, 0.3) is 0 Å². The second-order valence-corrected chi connectivity index (χ2v) is 3.52. The highest BCUT2D eigenvalue weighted by Crippen LogP contribution is 2.38. The maximum Gasteiger partial charge on any atom is 0.416 e. The van der Waals surface area contributed by atoms with Crippen LogP contribution < -0.4 is 10.5 Å². The second kappa shape index (κ2) is 4.25. The van der Waals surface area contributed by atoms with E-state index in [1.165, 1.54) is 19.4 Å². The third kappa shape index (κ3) is 2.11. The van der Waals surface area contributed by atoms with E-state index in [4.69, 9.17) is 10.5 Å². The summed E-state index contributed by atoms with van der Waals surface area (Å²) in [6, 6.07) is 3.12. The van der Waals surface area contributed by atoms with E-state index in [0.717, 1.165) is 12.1 Å². The summed E-state index contributed by atoms with van der Waals surface area (Å²) in [5.41, 5.74) is 5.50. The zero-order valence-corrected chi connectivity index (χ0v) is 9.28. The predicted molar refractivity (Wildman–Crippen MR) is 57.9 cm³/mol. The maximum absolute atomic E-state index is 12.5. The van der Waals surface area contributed by atoms with Gasteiger partial charge in [-0.25, -0.2) is 0 Å². The molecule has 0 saturated heterocycles. The van der Waals surface area contributed by atoms with Crippen molar-refractivity contribution in [2.75, 3.05) is 12.8 Å². The summed E-state index contributed by atoms with van der Waals surface area (Å²) in [7, 11) is 1.28. The van der Waals surface area contributed by atoms with Gasteiger partial charge in [0.15, 0.2) is 0 Å². The Hall–Kier alpha value is -2.18. The first kappa shape index (κ1) is 12.3.